The molecule has 3 nitrogen and oxygen atoms in total. The SMILES string of the molecule is CC1=C(N(C)C)c2ccc(Cl)cc2S1(=O)=O. The molecule has 0 bridgehead atoms. The standard InChI is InChI=1S/C11H12ClNO2S/c1-7-11(13(2)3)9-5-4-8(12)6-10(9)16(7,14)15/h4-6H,1-3H3. The molecule has 0 radical (unpaired) electrons. The molecule has 0 N–H and O–H groups in total. The van der Waals surface area contributed by atoms with Crippen LogP contribution in [-0.4, -0.2) is 27.4 Å². The lowest BCUT2D eigenvalue weighted by Gasteiger charge is -2.15. The van der Waals surface area contributed by atoms with Gasteiger partial charge in [-0.3, -0.25) is 0 Å². The monoisotopic (exact) mass is 257 g/mol. The number of hydrogen-bond acceptors (Lipinski definition) is 3. The lowest BCUT2D eigenvalue weighted by atomic mass is 10.1. The maximum Gasteiger partial charge on any atom is 0.205 e. The molecule has 1 aromatic carbocycles. The van der Waals surface area contributed by atoms with Crippen molar-refractivity contribution in [2.24, 2.45) is 0 Å². The van der Waals surface area contributed by atoms with E-state index in [1.54, 1.807) is 19.1 Å². The summed E-state index contributed by atoms with van der Waals surface area (Å²) in [7, 11) is 0.315. The second-order valence-electron chi connectivity index (χ2n) is 3.94. The number of sulfone groups is 1. The zero-order valence-electron chi connectivity index (χ0n) is 9.28. The smallest absolute Gasteiger partial charge is 0.205 e. The summed E-state index contributed by atoms with van der Waals surface area (Å²) in [6.07, 6.45) is 0. The normalized spacial score (nSPS) is 17.5. The summed E-state index contributed by atoms with van der Waals surface area (Å²) in [4.78, 5) is 2.50. The second-order valence-corrected chi connectivity index (χ2v) is 6.44. The highest BCUT2D eigenvalue weighted by atomic mass is 35.5. The van der Waals surface area contributed by atoms with Gasteiger partial charge in [0.05, 0.1) is 15.5 Å². The minimum absolute atomic E-state index is 0.307. The Labute approximate surface area is 100 Å². The Balaban J connectivity index is 2.82. The van der Waals surface area contributed by atoms with Crippen LogP contribution in [0, 0.1) is 0 Å². The first kappa shape index (κ1) is 11.5. The van der Waals surface area contributed by atoms with Gasteiger partial charge < -0.3 is 4.90 Å². The summed E-state index contributed by atoms with van der Waals surface area (Å²) in [5.74, 6) is 0. The van der Waals surface area contributed by atoms with E-state index < -0.39 is 9.84 Å². The molecule has 0 aliphatic carbocycles. The maximum atomic E-state index is 12.1. The molecular weight excluding hydrogens is 246 g/mol. The fraction of sp³-hybridized carbons (Fsp3) is 0.273. The van der Waals surface area contributed by atoms with E-state index in [2.05, 4.69) is 0 Å². The van der Waals surface area contributed by atoms with Crippen LogP contribution in [-0.2, 0) is 9.84 Å². The van der Waals surface area contributed by atoms with Crippen LogP contribution < -0.4 is 0 Å². The van der Waals surface area contributed by atoms with Crippen LogP contribution in [0.2, 0.25) is 5.02 Å². The van der Waals surface area contributed by atoms with Crippen LogP contribution in [0.25, 0.3) is 5.70 Å². The van der Waals surface area contributed by atoms with Gasteiger partial charge in [0.15, 0.2) is 0 Å². The molecule has 0 atom stereocenters. The Morgan fingerprint density at radius 3 is 2.44 bits per heavy atom. The first-order chi connectivity index (χ1) is 7.35. The van der Waals surface area contributed by atoms with E-state index >= 15 is 0 Å². The number of halogens is 1. The minimum atomic E-state index is -3.35. The summed E-state index contributed by atoms with van der Waals surface area (Å²) in [5, 5.41) is 0.440. The van der Waals surface area contributed by atoms with Gasteiger partial charge in [0.2, 0.25) is 9.84 Å². The largest absolute Gasteiger partial charge is 0.376 e. The molecule has 0 aromatic heterocycles. The maximum absolute atomic E-state index is 12.1. The van der Waals surface area contributed by atoms with Crippen LogP contribution >= 0.6 is 11.6 Å². The topological polar surface area (TPSA) is 37.4 Å². The molecule has 1 aromatic rings. The van der Waals surface area contributed by atoms with Gasteiger partial charge in [0, 0.05) is 24.7 Å². The van der Waals surface area contributed by atoms with Crippen molar-refractivity contribution in [3.05, 3.63) is 33.7 Å². The summed E-state index contributed by atoms with van der Waals surface area (Å²) >= 11 is 5.83. The third-order valence-corrected chi connectivity index (χ3v) is 4.82. The molecular formula is C11H12ClNO2S. The second kappa shape index (κ2) is 3.50. The average Bonchev–Trinajstić information content (AvgIpc) is 2.37. The number of fused-ring (bicyclic) bond motifs is 1. The Hall–Kier alpha value is -1.00. The molecule has 0 saturated carbocycles. The Morgan fingerprint density at radius 2 is 1.88 bits per heavy atom. The predicted octanol–water partition coefficient (Wildman–Crippen LogP) is 2.38. The molecule has 1 aliphatic rings. The summed E-state index contributed by atoms with van der Waals surface area (Å²) in [6.45, 7) is 1.62. The Bertz CT molecular complexity index is 588. The van der Waals surface area contributed by atoms with Gasteiger partial charge in [-0.05, 0) is 19.1 Å². The molecule has 1 aliphatic heterocycles. The van der Waals surface area contributed by atoms with E-state index in [0.717, 1.165) is 11.3 Å². The van der Waals surface area contributed by atoms with Gasteiger partial charge in [-0.25, -0.2) is 8.42 Å². The molecule has 0 spiro atoms. The molecule has 1 heterocycles. The number of benzene rings is 1. The number of rotatable bonds is 1. The van der Waals surface area contributed by atoms with Crippen LogP contribution in [0.15, 0.2) is 28.0 Å². The van der Waals surface area contributed by atoms with Gasteiger partial charge in [0.25, 0.3) is 0 Å². The zero-order chi connectivity index (χ0) is 12.1. The highest BCUT2D eigenvalue weighted by Gasteiger charge is 2.33. The highest BCUT2D eigenvalue weighted by Crippen LogP contribution is 2.40. The number of nitrogens with zero attached hydrogens (tertiary/aromatic N) is 1. The molecule has 0 saturated heterocycles. The molecule has 2 rings (SSSR count). The Morgan fingerprint density at radius 1 is 1.25 bits per heavy atom. The van der Waals surface area contributed by atoms with Crippen LogP contribution in [0.3, 0.4) is 0 Å². The van der Waals surface area contributed by atoms with Crippen molar-refractivity contribution in [3.8, 4) is 0 Å². The Kier molecular flexibility index (Phi) is 2.51. The van der Waals surface area contributed by atoms with Gasteiger partial charge in [-0.2, -0.15) is 0 Å². The van der Waals surface area contributed by atoms with Crippen molar-refractivity contribution in [2.75, 3.05) is 14.1 Å². The number of hydrogen-bond donors (Lipinski definition) is 0. The first-order valence-corrected chi connectivity index (χ1v) is 6.65. The van der Waals surface area contributed by atoms with E-state index in [0.29, 0.717) is 14.8 Å². The van der Waals surface area contributed by atoms with Crippen molar-refractivity contribution in [1.82, 2.24) is 4.90 Å². The molecule has 0 fully saturated rings. The first-order valence-electron chi connectivity index (χ1n) is 4.79. The third-order valence-electron chi connectivity index (χ3n) is 2.67. The summed E-state index contributed by atoms with van der Waals surface area (Å²) in [5.41, 5.74) is 1.47. The van der Waals surface area contributed by atoms with Gasteiger partial charge in [0.1, 0.15) is 0 Å². The van der Waals surface area contributed by atoms with Crippen molar-refractivity contribution in [3.63, 3.8) is 0 Å². The lowest BCUT2D eigenvalue weighted by Crippen LogP contribution is -2.09. The van der Waals surface area contributed by atoms with E-state index in [9.17, 15) is 8.42 Å². The highest BCUT2D eigenvalue weighted by molar-refractivity contribution is 7.95. The van der Waals surface area contributed by atoms with E-state index in [1.165, 1.54) is 6.07 Å². The molecule has 16 heavy (non-hydrogen) atoms. The zero-order valence-corrected chi connectivity index (χ0v) is 10.9. The van der Waals surface area contributed by atoms with Gasteiger partial charge in [-0.15, -0.1) is 0 Å². The van der Waals surface area contributed by atoms with Crippen LogP contribution in [0.1, 0.15) is 12.5 Å². The molecule has 86 valence electrons. The number of allylic oxidation sites excluding steroid dienone is 1. The lowest BCUT2D eigenvalue weighted by molar-refractivity contribution is 0.588. The molecule has 0 unspecified atom stereocenters. The van der Waals surface area contributed by atoms with Crippen molar-refractivity contribution in [2.45, 2.75) is 11.8 Å². The van der Waals surface area contributed by atoms with E-state index in [4.69, 9.17) is 11.6 Å². The van der Waals surface area contributed by atoms with Crippen LogP contribution in [0.4, 0.5) is 0 Å². The van der Waals surface area contributed by atoms with Gasteiger partial charge in [-0.1, -0.05) is 17.7 Å². The summed E-state index contributed by atoms with van der Waals surface area (Å²) in [6, 6.07) is 4.96. The van der Waals surface area contributed by atoms with Crippen molar-refractivity contribution < 1.29 is 8.42 Å². The average molecular weight is 258 g/mol. The quantitative estimate of drug-likeness (QED) is 0.775. The van der Waals surface area contributed by atoms with Crippen LogP contribution in [0.5, 0.6) is 0 Å². The third kappa shape index (κ3) is 1.44. The van der Waals surface area contributed by atoms with Gasteiger partial charge >= 0.3 is 0 Å². The molecule has 5 heteroatoms. The van der Waals surface area contributed by atoms with Crippen molar-refractivity contribution in [1.29, 1.82) is 0 Å². The van der Waals surface area contributed by atoms with Crippen molar-refractivity contribution >= 4 is 27.1 Å². The van der Waals surface area contributed by atoms with E-state index in [-0.39, 0.29) is 0 Å². The predicted molar refractivity (Wildman–Crippen MR) is 64.9 cm³/mol. The fourth-order valence-electron chi connectivity index (χ4n) is 1.95. The minimum Gasteiger partial charge on any atom is -0.376 e. The fourth-order valence-corrected chi connectivity index (χ4v) is 3.80. The molecule has 0 amide bonds. The van der Waals surface area contributed by atoms with E-state index in [1.807, 2.05) is 19.0 Å². The summed E-state index contributed by atoms with van der Waals surface area (Å²) < 4.78 is 24.2.